The van der Waals surface area contributed by atoms with E-state index in [0.29, 0.717) is 18.9 Å². The number of alkyl halides is 1. The summed E-state index contributed by atoms with van der Waals surface area (Å²) in [6.07, 6.45) is 0.715. The van der Waals surface area contributed by atoms with Crippen LogP contribution in [-0.2, 0) is 6.61 Å². The van der Waals surface area contributed by atoms with Gasteiger partial charge in [-0.3, -0.25) is 0 Å². The van der Waals surface area contributed by atoms with E-state index in [0.717, 1.165) is 16.9 Å². The van der Waals surface area contributed by atoms with E-state index in [9.17, 15) is 0 Å². The lowest BCUT2D eigenvalue weighted by molar-refractivity contribution is 0.305. The minimum atomic E-state index is 0.573. The number of halogens is 1. The van der Waals surface area contributed by atoms with E-state index in [2.05, 4.69) is 30.9 Å². The molecule has 0 amide bonds. The second-order valence-electron chi connectivity index (χ2n) is 4.93. The van der Waals surface area contributed by atoms with Gasteiger partial charge in [-0.2, -0.15) is 0 Å². The molecular formula is C19H19ClO. The van der Waals surface area contributed by atoms with Crippen LogP contribution in [0.25, 0.3) is 0 Å². The molecule has 0 unspecified atom stereocenters. The Morgan fingerprint density at radius 1 is 1.05 bits per heavy atom. The molecule has 0 saturated carbocycles. The standard InChI is InChI=1S/C19H19ClO/c1-15-7-3-4-9-18(15)14-21-19-11-10-17(16(2)13-19)8-5-6-12-20/h3-4,7,9-11,13H,6,12,14H2,1-2H3. The Morgan fingerprint density at radius 3 is 2.57 bits per heavy atom. The Morgan fingerprint density at radius 2 is 1.86 bits per heavy atom. The van der Waals surface area contributed by atoms with E-state index in [1.165, 1.54) is 11.1 Å². The lowest BCUT2D eigenvalue weighted by atomic mass is 10.1. The first-order chi connectivity index (χ1) is 10.2. The van der Waals surface area contributed by atoms with Gasteiger partial charge in [-0.25, -0.2) is 0 Å². The van der Waals surface area contributed by atoms with Crippen LogP contribution in [0.3, 0.4) is 0 Å². The maximum absolute atomic E-state index is 5.87. The minimum absolute atomic E-state index is 0.573. The van der Waals surface area contributed by atoms with E-state index < -0.39 is 0 Å². The highest BCUT2D eigenvalue weighted by molar-refractivity contribution is 6.18. The monoisotopic (exact) mass is 298 g/mol. The molecular weight excluding hydrogens is 280 g/mol. The molecule has 0 aliphatic carbocycles. The van der Waals surface area contributed by atoms with Crippen molar-refractivity contribution in [3.05, 3.63) is 64.7 Å². The number of hydrogen-bond acceptors (Lipinski definition) is 1. The largest absolute Gasteiger partial charge is 0.489 e. The van der Waals surface area contributed by atoms with Gasteiger partial charge in [0.15, 0.2) is 0 Å². The van der Waals surface area contributed by atoms with Gasteiger partial charge in [-0.05, 0) is 48.7 Å². The van der Waals surface area contributed by atoms with Crippen LogP contribution in [0.15, 0.2) is 42.5 Å². The van der Waals surface area contributed by atoms with Gasteiger partial charge in [0.2, 0.25) is 0 Å². The second-order valence-corrected chi connectivity index (χ2v) is 5.31. The molecule has 0 bridgehead atoms. The fourth-order valence-corrected chi connectivity index (χ4v) is 2.10. The maximum atomic E-state index is 5.87. The fourth-order valence-electron chi connectivity index (χ4n) is 2.00. The average molecular weight is 299 g/mol. The highest BCUT2D eigenvalue weighted by Gasteiger charge is 2.01. The molecule has 0 N–H and O–H groups in total. The molecule has 0 heterocycles. The number of hydrogen-bond donors (Lipinski definition) is 0. The zero-order chi connectivity index (χ0) is 15.1. The van der Waals surface area contributed by atoms with Crippen molar-refractivity contribution in [3.8, 4) is 17.6 Å². The highest BCUT2D eigenvalue weighted by atomic mass is 35.5. The van der Waals surface area contributed by atoms with Crippen LogP contribution in [-0.4, -0.2) is 5.88 Å². The first-order valence-corrected chi connectivity index (χ1v) is 7.57. The molecule has 1 nitrogen and oxygen atoms in total. The number of rotatable bonds is 4. The Labute approximate surface area is 131 Å². The second kappa shape index (κ2) is 7.76. The van der Waals surface area contributed by atoms with Gasteiger partial charge in [0.25, 0.3) is 0 Å². The summed E-state index contributed by atoms with van der Waals surface area (Å²) < 4.78 is 5.87. The Balaban J connectivity index is 2.04. The normalized spacial score (nSPS) is 9.86. The fraction of sp³-hybridized carbons (Fsp3) is 0.263. The average Bonchev–Trinajstić information content (AvgIpc) is 2.49. The SMILES string of the molecule is Cc1cc(OCc2ccccc2C)ccc1C#CCCCl. The van der Waals surface area contributed by atoms with Gasteiger partial charge in [0.05, 0.1) is 0 Å². The summed E-state index contributed by atoms with van der Waals surface area (Å²) >= 11 is 5.62. The van der Waals surface area contributed by atoms with Crippen LogP contribution in [0.1, 0.15) is 28.7 Å². The van der Waals surface area contributed by atoms with Crippen LogP contribution in [0, 0.1) is 25.7 Å². The van der Waals surface area contributed by atoms with Crippen LogP contribution in [0.4, 0.5) is 0 Å². The Bertz CT molecular complexity index is 665. The molecule has 0 aliphatic rings. The first-order valence-electron chi connectivity index (χ1n) is 7.03. The van der Waals surface area contributed by atoms with Crippen molar-refractivity contribution in [2.24, 2.45) is 0 Å². The third-order valence-corrected chi connectivity index (χ3v) is 3.48. The van der Waals surface area contributed by atoms with E-state index >= 15 is 0 Å². The third kappa shape index (κ3) is 4.55. The molecule has 0 aromatic heterocycles. The predicted molar refractivity (Wildman–Crippen MR) is 88.9 cm³/mol. The summed E-state index contributed by atoms with van der Waals surface area (Å²) in [5.74, 6) is 7.64. The van der Waals surface area contributed by atoms with Crippen molar-refractivity contribution in [1.29, 1.82) is 0 Å². The van der Waals surface area contributed by atoms with Gasteiger partial charge in [-0.15, -0.1) is 11.6 Å². The predicted octanol–water partition coefficient (Wildman–Crippen LogP) is 4.86. The zero-order valence-electron chi connectivity index (χ0n) is 12.4. The molecule has 0 radical (unpaired) electrons. The van der Waals surface area contributed by atoms with Gasteiger partial charge >= 0.3 is 0 Å². The van der Waals surface area contributed by atoms with Gasteiger partial charge in [0, 0.05) is 17.9 Å². The smallest absolute Gasteiger partial charge is 0.120 e. The van der Waals surface area contributed by atoms with Crippen molar-refractivity contribution < 1.29 is 4.74 Å². The molecule has 0 fully saturated rings. The number of ether oxygens (including phenoxy) is 1. The van der Waals surface area contributed by atoms with Crippen molar-refractivity contribution in [2.75, 3.05) is 5.88 Å². The summed E-state index contributed by atoms with van der Waals surface area (Å²) in [6.45, 7) is 4.73. The summed E-state index contributed by atoms with van der Waals surface area (Å²) in [6, 6.07) is 14.3. The Kier molecular flexibility index (Phi) is 5.72. The quantitative estimate of drug-likeness (QED) is 0.578. The summed E-state index contributed by atoms with van der Waals surface area (Å²) in [5.41, 5.74) is 4.61. The lowest BCUT2D eigenvalue weighted by Gasteiger charge is -2.09. The topological polar surface area (TPSA) is 9.23 Å². The summed E-state index contributed by atoms with van der Waals surface area (Å²) in [4.78, 5) is 0. The van der Waals surface area contributed by atoms with E-state index in [1.807, 2.05) is 37.3 Å². The van der Waals surface area contributed by atoms with Gasteiger partial charge in [0.1, 0.15) is 12.4 Å². The summed E-state index contributed by atoms with van der Waals surface area (Å²) in [7, 11) is 0. The number of benzene rings is 2. The molecule has 2 heteroatoms. The third-order valence-electron chi connectivity index (χ3n) is 3.30. The zero-order valence-corrected chi connectivity index (χ0v) is 13.2. The maximum Gasteiger partial charge on any atom is 0.120 e. The van der Waals surface area contributed by atoms with E-state index in [-0.39, 0.29) is 0 Å². The van der Waals surface area contributed by atoms with E-state index in [4.69, 9.17) is 16.3 Å². The van der Waals surface area contributed by atoms with Crippen molar-refractivity contribution in [1.82, 2.24) is 0 Å². The highest BCUT2D eigenvalue weighted by Crippen LogP contribution is 2.19. The molecule has 21 heavy (non-hydrogen) atoms. The molecule has 2 aromatic rings. The molecule has 0 aliphatic heterocycles. The van der Waals surface area contributed by atoms with Crippen LogP contribution >= 0.6 is 11.6 Å². The van der Waals surface area contributed by atoms with Gasteiger partial charge in [-0.1, -0.05) is 36.1 Å². The molecule has 108 valence electrons. The molecule has 0 saturated heterocycles. The number of aryl methyl sites for hydroxylation is 2. The van der Waals surface area contributed by atoms with Crippen LogP contribution < -0.4 is 4.74 Å². The molecule has 0 atom stereocenters. The summed E-state index contributed by atoms with van der Waals surface area (Å²) in [5, 5.41) is 0. The van der Waals surface area contributed by atoms with Gasteiger partial charge < -0.3 is 4.74 Å². The molecule has 2 aromatic carbocycles. The molecule has 0 spiro atoms. The van der Waals surface area contributed by atoms with Crippen LogP contribution in [0.2, 0.25) is 0 Å². The molecule has 2 rings (SSSR count). The van der Waals surface area contributed by atoms with Crippen molar-refractivity contribution in [2.45, 2.75) is 26.9 Å². The lowest BCUT2D eigenvalue weighted by Crippen LogP contribution is -1.98. The van der Waals surface area contributed by atoms with E-state index in [1.54, 1.807) is 0 Å². The minimum Gasteiger partial charge on any atom is -0.489 e. The van der Waals surface area contributed by atoms with Crippen molar-refractivity contribution in [3.63, 3.8) is 0 Å². The van der Waals surface area contributed by atoms with Crippen LogP contribution in [0.5, 0.6) is 5.75 Å². The first kappa shape index (κ1) is 15.5. The van der Waals surface area contributed by atoms with Crippen molar-refractivity contribution >= 4 is 11.6 Å². The Hall–Kier alpha value is -1.91.